The van der Waals surface area contributed by atoms with Crippen molar-refractivity contribution in [3.05, 3.63) is 64.7 Å². The van der Waals surface area contributed by atoms with Crippen molar-refractivity contribution >= 4 is 17.5 Å². The van der Waals surface area contributed by atoms with Gasteiger partial charge in [0.05, 0.1) is 5.92 Å². The zero-order chi connectivity index (χ0) is 15.4. The van der Waals surface area contributed by atoms with Crippen LogP contribution in [0, 0.1) is 5.92 Å². The lowest BCUT2D eigenvalue weighted by Crippen LogP contribution is -2.38. The molecule has 1 amide bonds. The number of para-hydroxylation sites is 1. The molecule has 1 aliphatic heterocycles. The summed E-state index contributed by atoms with van der Waals surface area (Å²) in [4.78, 5) is 12.2. The van der Waals surface area contributed by atoms with Gasteiger partial charge >= 0.3 is 0 Å². The van der Waals surface area contributed by atoms with Crippen LogP contribution in [-0.4, -0.2) is 19.1 Å². The van der Waals surface area contributed by atoms with Crippen LogP contribution in [-0.2, 0) is 17.6 Å². The van der Waals surface area contributed by atoms with E-state index < -0.39 is 0 Å². The molecule has 0 aromatic heterocycles. The van der Waals surface area contributed by atoms with Gasteiger partial charge in [-0.1, -0.05) is 41.9 Å². The average Bonchev–Trinajstić information content (AvgIpc) is 2.56. The van der Waals surface area contributed by atoms with Crippen LogP contribution in [0.15, 0.2) is 48.5 Å². The lowest BCUT2D eigenvalue weighted by Gasteiger charge is -2.24. The monoisotopic (exact) mass is 315 g/mol. The SMILES string of the molecule is O=C(NCCc1ccc(Cl)cc1)[C@@H]1COc2ccccc2C1. The molecule has 0 aliphatic carbocycles. The van der Waals surface area contributed by atoms with Gasteiger partial charge in [0.2, 0.25) is 5.91 Å². The molecule has 4 heteroatoms. The van der Waals surface area contributed by atoms with Crippen LogP contribution in [0.4, 0.5) is 0 Å². The first-order chi connectivity index (χ1) is 10.7. The van der Waals surface area contributed by atoms with E-state index in [0.717, 1.165) is 34.7 Å². The van der Waals surface area contributed by atoms with Crippen LogP contribution in [0.5, 0.6) is 5.75 Å². The van der Waals surface area contributed by atoms with Crippen molar-refractivity contribution in [2.24, 2.45) is 5.92 Å². The van der Waals surface area contributed by atoms with E-state index in [1.54, 1.807) is 0 Å². The van der Waals surface area contributed by atoms with Crippen LogP contribution < -0.4 is 10.1 Å². The van der Waals surface area contributed by atoms with Crippen molar-refractivity contribution < 1.29 is 9.53 Å². The summed E-state index contributed by atoms with van der Waals surface area (Å²) in [5.41, 5.74) is 2.27. The van der Waals surface area contributed by atoms with E-state index in [1.165, 1.54) is 0 Å². The minimum Gasteiger partial charge on any atom is -0.492 e. The second-order valence-corrected chi connectivity index (χ2v) is 5.92. The zero-order valence-corrected chi connectivity index (χ0v) is 13.0. The van der Waals surface area contributed by atoms with Gasteiger partial charge in [0.15, 0.2) is 0 Å². The van der Waals surface area contributed by atoms with Crippen molar-refractivity contribution in [2.75, 3.05) is 13.2 Å². The van der Waals surface area contributed by atoms with Gasteiger partial charge in [-0.05, 0) is 42.2 Å². The number of nitrogens with one attached hydrogen (secondary N) is 1. The fraction of sp³-hybridized carbons (Fsp3) is 0.278. The standard InChI is InChI=1S/C18H18ClNO2/c19-16-7-5-13(6-8-16)9-10-20-18(21)15-11-14-3-1-2-4-17(14)22-12-15/h1-8,15H,9-12H2,(H,20,21)/t15-/m0/s1. The maximum absolute atomic E-state index is 12.2. The Morgan fingerprint density at radius 2 is 1.95 bits per heavy atom. The van der Waals surface area contributed by atoms with E-state index in [1.807, 2.05) is 48.5 Å². The van der Waals surface area contributed by atoms with Crippen LogP contribution in [0.25, 0.3) is 0 Å². The fourth-order valence-electron chi connectivity index (χ4n) is 2.62. The summed E-state index contributed by atoms with van der Waals surface area (Å²) in [5, 5.41) is 3.72. The predicted octanol–water partition coefficient (Wildman–Crippen LogP) is 3.25. The van der Waals surface area contributed by atoms with Gasteiger partial charge in [-0.15, -0.1) is 0 Å². The zero-order valence-electron chi connectivity index (χ0n) is 12.2. The number of carbonyl (C=O) groups is 1. The molecule has 0 saturated heterocycles. The van der Waals surface area contributed by atoms with Gasteiger partial charge in [0.1, 0.15) is 12.4 Å². The molecule has 0 bridgehead atoms. The molecule has 0 radical (unpaired) electrons. The molecule has 0 unspecified atom stereocenters. The van der Waals surface area contributed by atoms with Crippen molar-refractivity contribution in [3.8, 4) is 5.75 Å². The van der Waals surface area contributed by atoms with Crippen molar-refractivity contribution in [3.63, 3.8) is 0 Å². The normalized spacial score (nSPS) is 16.5. The highest BCUT2D eigenvalue weighted by Gasteiger charge is 2.25. The number of amides is 1. The smallest absolute Gasteiger partial charge is 0.226 e. The number of carbonyl (C=O) groups excluding carboxylic acids is 1. The first kappa shape index (κ1) is 14.9. The van der Waals surface area contributed by atoms with E-state index in [4.69, 9.17) is 16.3 Å². The van der Waals surface area contributed by atoms with Gasteiger partial charge < -0.3 is 10.1 Å². The maximum atomic E-state index is 12.2. The summed E-state index contributed by atoms with van der Waals surface area (Å²) in [6.07, 6.45) is 1.54. The van der Waals surface area contributed by atoms with Crippen LogP contribution >= 0.6 is 11.6 Å². The Bertz CT molecular complexity index is 654. The Morgan fingerprint density at radius 1 is 1.18 bits per heavy atom. The highest BCUT2D eigenvalue weighted by Crippen LogP contribution is 2.26. The predicted molar refractivity (Wildman–Crippen MR) is 87.3 cm³/mol. The number of fused-ring (bicyclic) bond motifs is 1. The van der Waals surface area contributed by atoms with Crippen molar-refractivity contribution in [2.45, 2.75) is 12.8 Å². The molecule has 1 atom stereocenters. The van der Waals surface area contributed by atoms with Gasteiger partial charge in [0, 0.05) is 11.6 Å². The Morgan fingerprint density at radius 3 is 2.77 bits per heavy atom. The molecule has 0 fully saturated rings. The van der Waals surface area contributed by atoms with Crippen molar-refractivity contribution in [1.29, 1.82) is 0 Å². The first-order valence-electron chi connectivity index (χ1n) is 7.45. The van der Waals surface area contributed by atoms with E-state index >= 15 is 0 Å². The van der Waals surface area contributed by atoms with E-state index in [-0.39, 0.29) is 11.8 Å². The van der Waals surface area contributed by atoms with E-state index in [2.05, 4.69) is 5.32 Å². The lowest BCUT2D eigenvalue weighted by atomic mass is 9.96. The Kier molecular flexibility index (Phi) is 4.64. The average molecular weight is 316 g/mol. The third-order valence-electron chi connectivity index (χ3n) is 3.88. The lowest BCUT2D eigenvalue weighted by molar-refractivity contribution is -0.126. The summed E-state index contributed by atoms with van der Waals surface area (Å²) >= 11 is 5.86. The minimum atomic E-state index is -0.111. The molecular weight excluding hydrogens is 298 g/mol. The molecule has 114 valence electrons. The van der Waals surface area contributed by atoms with Crippen LogP contribution in [0.1, 0.15) is 11.1 Å². The second-order valence-electron chi connectivity index (χ2n) is 5.49. The Hall–Kier alpha value is -2.00. The Balaban J connectivity index is 1.50. The van der Waals surface area contributed by atoms with Crippen LogP contribution in [0.3, 0.4) is 0 Å². The third-order valence-corrected chi connectivity index (χ3v) is 4.13. The maximum Gasteiger partial charge on any atom is 0.226 e. The second kappa shape index (κ2) is 6.84. The van der Waals surface area contributed by atoms with E-state index in [0.29, 0.717) is 13.2 Å². The Labute approximate surface area is 135 Å². The molecule has 1 aliphatic rings. The summed E-state index contributed by atoms with van der Waals surface area (Å²) in [6, 6.07) is 15.6. The van der Waals surface area contributed by atoms with Crippen molar-refractivity contribution in [1.82, 2.24) is 5.32 Å². The van der Waals surface area contributed by atoms with Gasteiger partial charge in [-0.3, -0.25) is 4.79 Å². The largest absolute Gasteiger partial charge is 0.492 e. The van der Waals surface area contributed by atoms with Crippen LogP contribution in [0.2, 0.25) is 5.02 Å². The molecule has 2 aromatic carbocycles. The molecule has 22 heavy (non-hydrogen) atoms. The molecule has 3 nitrogen and oxygen atoms in total. The highest BCUT2D eigenvalue weighted by molar-refractivity contribution is 6.30. The summed E-state index contributed by atoms with van der Waals surface area (Å²) < 4.78 is 5.66. The van der Waals surface area contributed by atoms with Gasteiger partial charge in [-0.2, -0.15) is 0 Å². The highest BCUT2D eigenvalue weighted by atomic mass is 35.5. The molecular formula is C18H18ClNO2. The summed E-state index contributed by atoms with van der Waals surface area (Å²) in [6.45, 7) is 1.07. The number of halogens is 1. The molecule has 2 aromatic rings. The first-order valence-corrected chi connectivity index (χ1v) is 7.83. The molecule has 0 saturated carbocycles. The number of ether oxygens (including phenoxy) is 1. The minimum absolute atomic E-state index is 0.0588. The van der Waals surface area contributed by atoms with E-state index in [9.17, 15) is 4.79 Å². The number of rotatable bonds is 4. The molecule has 0 spiro atoms. The summed E-state index contributed by atoms with van der Waals surface area (Å²) in [7, 11) is 0. The molecule has 3 rings (SSSR count). The fourth-order valence-corrected chi connectivity index (χ4v) is 2.75. The topological polar surface area (TPSA) is 38.3 Å². The number of benzene rings is 2. The quantitative estimate of drug-likeness (QED) is 0.940. The number of hydrogen-bond donors (Lipinski definition) is 1. The third kappa shape index (κ3) is 3.60. The molecule has 1 heterocycles. The number of hydrogen-bond acceptors (Lipinski definition) is 2. The summed E-state index contributed by atoms with van der Waals surface area (Å²) in [5.74, 6) is 0.844. The van der Waals surface area contributed by atoms with Gasteiger partial charge in [0.25, 0.3) is 0 Å². The van der Waals surface area contributed by atoms with Gasteiger partial charge in [-0.25, -0.2) is 0 Å². The molecule has 1 N–H and O–H groups in total.